The first-order chi connectivity index (χ1) is 10.2. The highest BCUT2D eigenvalue weighted by molar-refractivity contribution is 5.34. The fourth-order valence-electron chi connectivity index (χ4n) is 3.20. The van der Waals surface area contributed by atoms with E-state index < -0.39 is 0 Å². The summed E-state index contributed by atoms with van der Waals surface area (Å²) in [6.45, 7) is 4.34. The van der Waals surface area contributed by atoms with Crippen LogP contribution >= 0.6 is 0 Å². The van der Waals surface area contributed by atoms with Crippen LogP contribution in [0.2, 0.25) is 0 Å². The molecule has 0 aliphatic carbocycles. The van der Waals surface area contributed by atoms with Gasteiger partial charge in [-0.3, -0.25) is 4.90 Å². The van der Waals surface area contributed by atoms with E-state index in [-0.39, 0.29) is 11.9 Å². The molecule has 1 heterocycles. The van der Waals surface area contributed by atoms with Crippen molar-refractivity contribution >= 4 is 0 Å². The molecular formula is C18H21FN2. The lowest BCUT2D eigenvalue weighted by Crippen LogP contribution is -2.39. The third-order valence-electron chi connectivity index (χ3n) is 4.43. The second-order valence-electron chi connectivity index (χ2n) is 5.74. The zero-order valence-corrected chi connectivity index (χ0v) is 12.3. The summed E-state index contributed by atoms with van der Waals surface area (Å²) >= 11 is 0. The molecule has 0 aromatic heterocycles. The van der Waals surface area contributed by atoms with Crippen LogP contribution in [0.15, 0.2) is 42.5 Å². The number of halogens is 1. The van der Waals surface area contributed by atoms with Crippen molar-refractivity contribution < 1.29 is 4.39 Å². The summed E-state index contributed by atoms with van der Waals surface area (Å²) in [5.74, 6) is -0.169. The zero-order chi connectivity index (χ0) is 14.8. The topological polar surface area (TPSA) is 29.3 Å². The smallest absolute Gasteiger partial charge is 0.123 e. The standard InChI is InChI=1S/C18H21FN2/c1-13-6-7-16(19)10-15(13)12-21-9-8-14-4-2-3-5-17(14)18(21)11-20/h2-7,10,18H,8-9,11-12,20H2,1H3. The lowest BCUT2D eigenvalue weighted by molar-refractivity contribution is 0.180. The number of fused-ring (bicyclic) bond motifs is 1. The molecule has 0 saturated carbocycles. The minimum atomic E-state index is -0.169. The Morgan fingerprint density at radius 3 is 2.86 bits per heavy atom. The number of aryl methyl sites for hydroxylation is 1. The zero-order valence-electron chi connectivity index (χ0n) is 12.3. The van der Waals surface area contributed by atoms with E-state index in [4.69, 9.17) is 5.73 Å². The third-order valence-corrected chi connectivity index (χ3v) is 4.43. The van der Waals surface area contributed by atoms with Crippen molar-refractivity contribution in [3.05, 3.63) is 70.5 Å². The van der Waals surface area contributed by atoms with Crippen molar-refractivity contribution in [2.24, 2.45) is 5.73 Å². The van der Waals surface area contributed by atoms with Gasteiger partial charge in [0.1, 0.15) is 5.82 Å². The molecule has 3 rings (SSSR count). The Morgan fingerprint density at radius 1 is 1.24 bits per heavy atom. The van der Waals surface area contributed by atoms with E-state index in [1.54, 1.807) is 6.07 Å². The number of rotatable bonds is 3. The van der Waals surface area contributed by atoms with Crippen LogP contribution in [0, 0.1) is 12.7 Å². The van der Waals surface area contributed by atoms with Crippen LogP contribution in [0.3, 0.4) is 0 Å². The van der Waals surface area contributed by atoms with Crippen LogP contribution in [0.5, 0.6) is 0 Å². The Morgan fingerprint density at radius 2 is 2.05 bits per heavy atom. The molecule has 0 saturated heterocycles. The fourth-order valence-corrected chi connectivity index (χ4v) is 3.20. The number of hydrogen-bond donors (Lipinski definition) is 1. The second-order valence-corrected chi connectivity index (χ2v) is 5.74. The maximum Gasteiger partial charge on any atom is 0.123 e. The van der Waals surface area contributed by atoms with Crippen LogP contribution in [0.25, 0.3) is 0 Å². The lowest BCUT2D eigenvalue weighted by atomic mass is 9.92. The molecule has 110 valence electrons. The Balaban J connectivity index is 1.88. The normalized spacial score (nSPS) is 18.5. The largest absolute Gasteiger partial charge is 0.329 e. The van der Waals surface area contributed by atoms with Gasteiger partial charge in [0.2, 0.25) is 0 Å². The van der Waals surface area contributed by atoms with E-state index in [1.807, 2.05) is 13.0 Å². The van der Waals surface area contributed by atoms with Crippen LogP contribution < -0.4 is 5.73 Å². The van der Waals surface area contributed by atoms with Crippen LogP contribution in [0.1, 0.15) is 28.3 Å². The van der Waals surface area contributed by atoms with Gasteiger partial charge in [0.05, 0.1) is 0 Å². The quantitative estimate of drug-likeness (QED) is 0.938. The molecule has 21 heavy (non-hydrogen) atoms. The molecule has 3 heteroatoms. The van der Waals surface area contributed by atoms with E-state index in [9.17, 15) is 4.39 Å². The summed E-state index contributed by atoms with van der Waals surface area (Å²) in [5.41, 5.74) is 10.9. The summed E-state index contributed by atoms with van der Waals surface area (Å²) in [6, 6.07) is 13.7. The Bertz CT molecular complexity index is 639. The first kappa shape index (κ1) is 14.2. The number of nitrogens with zero attached hydrogens (tertiary/aromatic N) is 1. The van der Waals surface area contributed by atoms with Gasteiger partial charge >= 0.3 is 0 Å². The summed E-state index contributed by atoms with van der Waals surface area (Å²) < 4.78 is 13.5. The molecular weight excluding hydrogens is 263 g/mol. The third kappa shape index (κ3) is 2.85. The van der Waals surface area contributed by atoms with Crippen molar-refractivity contribution in [1.82, 2.24) is 4.90 Å². The molecule has 0 fully saturated rings. The van der Waals surface area contributed by atoms with E-state index >= 15 is 0 Å². The molecule has 2 N–H and O–H groups in total. The minimum Gasteiger partial charge on any atom is -0.329 e. The molecule has 2 aromatic carbocycles. The average molecular weight is 284 g/mol. The van der Waals surface area contributed by atoms with Crippen LogP contribution in [-0.2, 0) is 13.0 Å². The van der Waals surface area contributed by atoms with Crippen LogP contribution in [0.4, 0.5) is 4.39 Å². The minimum absolute atomic E-state index is 0.169. The van der Waals surface area contributed by atoms with Crippen molar-refractivity contribution in [3.8, 4) is 0 Å². The van der Waals surface area contributed by atoms with Gasteiger partial charge in [-0.2, -0.15) is 0 Å². The number of nitrogens with two attached hydrogens (primary N) is 1. The SMILES string of the molecule is Cc1ccc(F)cc1CN1CCc2ccccc2C1CN. The van der Waals surface area contributed by atoms with E-state index in [1.165, 1.54) is 17.2 Å². The lowest BCUT2D eigenvalue weighted by Gasteiger charge is -2.37. The molecule has 0 radical (unpaired) electrons. The molecule has 2 aromatic rings. The molecule has 0 amide bonds. The Labute approximate surface area is 125 Å². The predicted molar refractivity (Wildman–Crippen MR) is 83.5 cm³/mol. The summed E-state index contributed by atoms with van der Waals surface area (Å²) in [7, 11) is 0. The molecule has 1 unspecified atom stereocenters. The molecule has 0 spiro atoms. The number of hydrogen-bond acceptors (Lipinski definition) is 2. The highest BCUT2D eigenvalue weighted by atomic mass is 19.1. The molecule has 2 nitrogen and oxygen atoms in total. The summed E-state index contributed by atoms with van der Waals surface area (Å²) in [6.07, 6.45) is 1.03. The van der Waals surface area contributed by atoms with E-state index in [2.05, 4.69) is 29.2 Å². The van der Waals surface area contributed by atoms with Gasteiger partial charge in [0.25, 0.3) is 0 Å². The molecule has 1 aliphatic rings. The van der Waals surface area contributed by atoms with Gasteiger partial charge in [0.15, 0.2) is 0 Å². The Hall–Kier alpha value is -1.71. The van der Waals surface area contributed by atoms with E-state index in [0.717, 1.165) is 30.6 Å². The first-order valence-electron chi connectivity index (χ1n) is 7.46. The number of benzene rings is 2. The fraction of sp³-hybridized carbons (Fsp3) is 0.333. The summed E-state index contributed by atoms with van der Waals surface area (Å²) in [5, 5.41) is 0. The van der Waals surface area contributed by atoms with Gasteiger partial charge in [-0.05, 0) is 47.7 Å². The van der Waals surface area contributed by atoms with Gasteiger partial charge < -0.3 is 5.73 Å². The summed E-state index contributed by atoms with van der Waals surface area (Å²) in [4.78, 5) is 2.37. The molecule has 1 atom stereocenters. The second kappa shape index (κ2) is 5.96. The van der Waals surface area contributed by atoms with Crippen molar-refractivity contribution in [2.75, 3.05) is 13.1 Å². The van der Waals surface area contributed by atoms with Crippen molar-refractivity contribution in [1.29, 1.82) is 0 Å². The van der Waals surface area contributed by atoms with Gasteiger partial charge in [-0.1, -0.05) is 30.3 Å². The highest BCUT2D eigenvalue weighted by Crippen LogP contribution is 2.30. The van der Waals surface area contributed by atoms with E-state index in [0.29, 0.717) is 6.54 Å². The van der Waals surface area contributed by atoms with Crippen LogP contribution in [-0.4, -0.2) is 18.0 Å². The van der Waals surface area contributed by atoms with Gasteiger partial charge in [-0.25, -0.2) is 4.39 Å². The Kier molecular flexibility index (Phi) is 4.04. The molecule has 1 aliphatic heterocycles. The van der Waals surface area contributed by atoms with Crippen molar-refractivity contribution in [3.63, 3.8) is 0 Å². The maximum atomic E-state index is 13.5. The molecule has 0 bridgehead atoms. The van der Waals surface area contributed by atoms with Gasteiger partial charge in [0, 0.05) is 25.7 Å². The highest BCUT2D eigenvalue weighted by Gasteiger charge is 2.26. The van der Waals surface area contributed by atoms with Gasteiger partial charge in [-0.15, -0.1) is 0 Å². The van der Waals surface area contributed by atoms with Crippen molar-refractivity contribution in [2.45, 2.75) is 25.9 Å². The predicted octanol–water partition coefficient (Wildman–Crippen LogP) is 3.19. The monoisotopic (exact) mass is 284 g/mol. The maximum absolute atomic E-state index is 13.5. The average Bonchev–Trinajstić information content (AvgIpc) is 2.50. The first-order valence-corrected chi connectivity index (χ1v) is 7.46.